The molecular formula is C24H30N6O2. The zero-order valence-corrected chi connectivity index (χ0v) is 18.6. The van der Waals surface area contributed by atoms with Gasteiger partial charge in [-0.3, -0.25) is 9.69 Å². The summed E-state index contributed by atoms with van der Waals surface area (Å²) in [7, 11) is 1.70. The first-order chi connectivity index (χ1) is 15.7. The second kappa shape index (κ2) is 9.24. The highest BCUT2D eigenvalue weighted by atomic mass is 16.5. The standard InChI is InChI=1S/C24H30N6O2/c1-32-23-11-10-18(20-8-4-5-9-21(20)23)15-29-16-19(30-17-25-26-27-30)14-22(29)24(31)28-12-6-2-3-7-13-28/h4-5,8-11,17,19,22H,2-3,6-7,12-16H2,1H3/t19-,22+/m1/s1. The second-order valence-corrected chi connectivity index (χ2v) is 8.84. The first kappa shape index (κ1) is 20.9. The molecule has 8 heteroatoms. The number of carbonyl (C=O) groups is 1. The van der Waals surface area contributed by atoms with Crippen LogP contribution in [0.3, 0.4) is 0 Å². The van der Waals surface area contributed by atoms with Gasteiger partial charge in [0.2, 0.25) is 5.91 Å². The van der Waals surface area contributed by atoms with Gasteiger partial charge in [-0.2, -0.15) is 0 Å². The SMILES string of the molecule is COc1ccc(CN2C[C@H](n3cnnn3)C[C@H]2C(=O)N2CCCCCC2)c2ccccc12. The van der Waals surface area contributed by atoms with Crippen LogP contribution in [-0.4, -0.2) is 68.7 Å². The Hall–Kier alpha value is -3.00. The molecule has 0 N–H and O–H groups in total. The van der Waals surface area contributed by atoms with Crippen molar-refractivity contribution in [2.75, 3.05) is 26.7 Å². The van der Waals surface area contributed by atoms with E-state index in [2.05, 4.69) is 49.6 Å². The number of ether oxygens (including phenoxy) is 1. The average Bonchev–Trinajstić information content (AvgIpc) is 3.42. The number of hydrogen-bond donors (Lipinski definition) is 0. The van der Waals surface area contributed by atoms with Crippen LogP contribution < -0.4 is 4.74 Å². The Morgan fingerprint density at radius 3 is 2.56 bits per heavy atom. The Morgan fingerprint density at radius 2 is 1.84 bits per heavy atom. The van der Waals surface area contributed by atoms with Gasteiger partial charge in [0.25, 0.3) is 0 Å². The highest BCUT2D eigenvalue weighted by Gasteiger charge is 2.40. The lowest BCUT2D eigenvalue weighted by molar-refractivity contribution is -0.136. The predicted molar refractivity (Wildman–Crippen MR) is 121 cm³/mol. The molecule has 2 atom stereocenters. The number of amides is 1. The largest absolute Gasteiger partial charge is 0.496 e. The van der Waals surface area contributed by atoms with Crippen molar-refractivity contribution in [3.05, 3.63) is 48.3 Å². The molecule has 8 nitrogen and oxygen atoms in total. The zero-order valence-electron chi connectivity index (χ0n) is 18.6. The molecule has 3 aromatic rings. The second-order valence-electron chi connectivity index (χ2n) is 8.84. The van der Waals surface area contributed by atoms with Crippen molar-refractivity contribution in [3.8, 4) is 5.75 Å². The minimum atomic E-state index is -0.164. The number of benzene rings is 2. The molecule has 2 fully saturated rings. The Labute approximate surface area is 188 Å². The van der Waals surface area contributed by atoms with Gasteiger partial charge in [-0.1, -0.05) is 43.2 Å². The van der Waals surface area contributed by atoms with Gasteiger partial charge in [0, 0.05) is 31.6 Å². The van der Waals surface area contributed by atoms with Gasteiger partial charge in [0.05, 0.1) is 19.2 Å². The molecule has 0 bridgehead atoms. The number of methoxy groups -OCH3 is 1. The zero-order chi connectivity index (χ0) is 21.9. The Bertz CT molecular complexity index is 1060. The first-order valence-corrected chi connectivity index (χ1v) is 11.5. The van der Waals surface area contributed by atoms with E-state index in [1.807, 2.05) is 12.1 Å². The number of aromatic nitrogens is 4. The molecule has 0 unspecified atom stereocenters. The van der Waals surface area contributed by atoms with Crippen LogP contribution in [0, 0.1) is 0 Å². The van der Waals surface area contributed by atoms with Crippen LogP contribution in [-0.2, 0) is 11.3 Å². The number of nitrogens with zero attached hydrogens (tertiary/aromatic N) is 6. The van der Waals surface area contributed by atoms with Gasteiger partial charge in [0.15, 0.2) is 0 Å². The highest BCUT2D eigenvalue weighted by molar-refractivity contribution is 5.91. The quantitative estimate of drug-likeness (QED) is 0.614. The van der Waals surface area contributed by atoms with Crippen molar-refractivity contribution < 1.29 is 9.53 Å². The molecule has 2 aliphatic heterocycles. The first-order valence-electron chi connectivity index (χ1n) is 11.5. The van der Waals surface area contributed by atoms with Gasteiger partial charge in [-0.05, 0) is 46.7 Å². The van der Waals surface area contributed by atoms with E-state index in [9.17, 15) is 4.79 Å². The van der Waals surface area contributed by atoms with Gasteiger partial charge in [-0.15, -0.1) is 5.10 Å². The van der Waals surface area contributed by atoms with Crippen molar-refractivity contribution in [1.29, 1.82) is 0 Å². The Balaban J connectivity index is 1.44. The van der Waals surface area contributed by atoms with E-state index in [-0.39, 0.29) is 18.0 Å². The molecule has 32 heavy (non-hydrogen) atoms. The van der Waals surface area contributed by atoms with Gasteiger partial charge < -0.3 is 9.64 Å². The summed E-state index contributed by atoms with van der Waals surface area (Å²) in [5.74, 6) is 1.12. The van der Waals surface area contributed by atoms with Crippen molar-refractivity contribution in [3.63, 3.8) is 0 Å². The molecule has 1 aromatic heterocycles. The molecule has 2 saturated heterocycles. The number of fused-ring (bicyclic) bond motifs is 1. The minimum absolute atomic E-state index is 0.0930. The topological polar surface area (TPSA) is 76.4 Å². The summed E-state index contributed by atoms with van der Waals surface area (Å²) in [6, 6.07) is 12.4. The lowest BCUT2D eigenvalue weighted by Crippen LogP contribution is -2.45. The van der Waals surface area contributed by atoms with E-state index in [1.54, 1.807) is 18.1 Å². The minimum Gasteiger partial charge on any atom is -0.496 e. The molecule has 5 rings (SSSR count). The normalized spacial score (nSPS) is 22.2. The van der Waals surface area contributed by atoms with Crippen molar-refractivity contribution in [2.24, 2.45) is 0 Å². The van der Waals surface area contributed by atoms with Crippen LogP contribution in [0.5, 0.6) is 5.75 Å². The number of likely N-dealkylation sites (tertiary alicyclic amines) is 2. The third-order valence-electron chi connectivity index (χ3n) is 6.89. The van der Waals surface area contributed by atoms with Crippen LogP contribution >= 0.6 is 0 Å². The summed E-state index contributed by atoms with van der Waals surface area (Å²) in [5, 5.41) is 14.0. The van der Waals surface area contributed by atoms with Crippen molar-refractivity contribution >= 4 is 16.7 Å². The Morgan fingerprint density at radius 1 is 1.06 bits per heavy atom. The maximum Gasteiger partial charge on any atom is 0.240 e. The lowest BCUT2D eigenvalue weighted by atomic mass is 10.0. The third kappa shape index (κ3) is 4.07. The highest BCUT2D eigenvalue weighted by Crippen LogP contribution is 2.33. The number of tetrazole rings is 1. The van der Waals surface area contributed by atoms with Gasteiger partial charge >= 0.3 is 0 Å². The van der Waals surface area contributed by atoms with Gasteiger partial charge in [-0.25, -0.2) is 4.68 Å². The molecule has 0 spiro atoms. The monoisotopic (exact) mass is 434 g/mol. The van der Waals surface area contributed by atoms with Crippen LogP contribution in [0.25, 0.3) is 10.8 Å². The summed E-state index contributed by atoms with van der Waals surface area (Å²) in [4.78, 5) is 18.0. The van der Waals surface area contributed by atoms with E-state index < -0.39 is 0 Å². The maximum absolute atomic E-state index is 13.6. The van der Waals surface area contributed by atoms with Gasteiger partial charge in [0.1, 0.15) is 12.1 Å². The fraction of sp³-hybridized carbons (Fsp3) is 0.500. The predicted octanol–water partition coefficient (Wildman–Crippen LogP) is 3.05. The van der Waals surface area contributed by atoms with Crippen LogP contribution in [0.15, 0.2) is 42.7 Å². The fourth-order valence-corrected chi connectivity index (χ4v) is 5.21. The molecule has 168 valence electrons. The van der Waals surface area contributed by atoms with E-state index in [4.69, 9.17) is 4.74 Å². The van der Waals surface area contributed by atoms with E-state index in [0.717, 1.165) is 50.0 Å². The maximum atomic E-state index is 13.6. The summed E-state index contributed by atoms with van der Waals surface area (Å²) in [5.41, 5.74) is 1.20. The third-order valence-corrected chi connectivity index (χ3v) is 6.89. The average molecular weight is 435 g/mol. The summed E-state index contributed by atoms with van der Waals surface area (Å²) in [6.45, 7) is 3.18. The lowest BCUT2D eigenvalue weighted by Gasteiger charge is -2.29. The molecule has 0 aliphatic carbocycles. The van der Waals surface area contributed by atoms with Crippen molar-refractivity contribution in [1.82, 2.24) is 30.0 Å². The molecule has 3 heterocycles. The number of hydrogen-bond acceptors (Lipinski definition) is 6. The molecule has 2 aromatic carbocycles. The molecular weight excluding hydrogens is 404 g/mol. The van der Waals surface area contributed by atoms with E-state index >= 15 is 0 Å². The van der Waals surface area contributed by atoms with Crippen LogP contribution in [0.4, 0.5) is 0 Å². The molecule has 0 saturated carbocycles. The van der Waals surface area contributed by atoms with Crippen LogP contribution in [0.1, 0.15) is 43.7 Å². The van der Waals surface area contributed by atoms with E-state index in [1.165, 1.54) is 23.8 Å². The smallest absolute Gasteiger partial charge is 0.240 e. The summed E-state index contributed by atoms with van der Waals surface area (Å²) < 4.78 is 7.37. The molecule has 1 amide bonds. The summed E-state index contributed by atoms with van der Waals surface area (Å²) >= 11 is 0. The van der Waals surface area contributed by atoms with E-state index in [0.29, 0.717) is 6.54 Å². The van der Waals surface area contributed by atoms with Crippen LogP contribution in [0.2, 0.25) is 0 Å². The Kier molecular flexibility index (Phi) is 6.03. The molecule has 2 aliphatic rings. The fourth-order valence-electron chi connectivity index (χ4n) is 5.21. The summed E-state index contributed by atoms with van der Waals surface area (Å²) in [6.07, 6.45) is 7.00. The number of carbonyl (C=O) groups excluding carboxylic acids is 1. The molecule has 0 radical (unpaired) electrons. The number of rotatable bonds is 5. The van der Waals surface area contributed by atoms with Crippen molar-refractivity contribution in [2.45, 2.75) is 50.7 Å².